The Labute approximate surface area is 117 Å². The third-order valence-electron chi connectivity index (χ3n) is 2.56. The van der Waals surface area contributed by atoms with Crippen LogP contribution in [0.2, 0.25) is 0 Å². The van der Waals surface area contributed by atoms with E-state index in [1.54, 1.807) is 6.07 Å². The van der Waals surface area contributed by atoms with Crippen LogP contribution in [0, 0.1) is 0 Å². The minimum absolute atomic E-state index is 0.177. The van der Waals surface area contributed by atoms with Crippen molar-refractivity contribution >= 4 is 17.1 Å². The maximum absolute atomic E-state index is 12.2. The van der Waals surface area contributed by atoms with E-state index in [-0.39, 0.29) is 11.3 Å². The largest absolute Gasteiger partial charge is 0.573 e. The van der Waals surface area contributed by atoms with Crippen LogP contribution in [0.3, 0.4) is 0 Å². The van der Waals surface area contributed by atoms with Crippen molar-refractivity contribution in [1.82, 2.24) is 0 Å². The van der Waals surface area contributed by atoms with E-state index in [2.05, 4.69) is 4.74 Å². The van der Waals surface area contributed by atoms with Crippen LogP contribution in [0.4, 0.5) is 13.2 Å². The number of carbonyl (C=O) groups is 1. The molecule has 6 heteroatoms. The zero-order valence-electron chi connectivity index (χ0n) is 10.5. The van der Waals surface area contributed by atoms with E-state index in [1.807, 2.05) is 13.0 Å². The zero-order chi connectivity index (χ0) is 14.8. The molecular formula is C14H11F3O2S. The zero-order valence-corrected chi connectivity index (χ0v) is 11.3. The summed E-state index contributed by atoms with van der Waals surface area (Å²) in [5.41, 5.74) is 0.177. The SMILES string of the molecule is CCc1ccc(C(=O)c2cccc(OC(F)(F)F)c2)s1. The highest BCUT2D eigenvalue weighted by Crippen LogP contribution is 2.26. The Morgan fingerprint density at radius 3 is 2.60 bits per heavy atom. The number of hydrogen-bond acceptors (Lipinski definition) is 3. The van der Waals surface area contributed by atoms with E-state index in [1.165, 1.54) is 23.5 Å². The molecule has 0 atom stereocenters. The standard InChI is InChI=1S/C14H11F3O2S/c1-2-11-6-7-12(20-11)13(18)9-4-3-5-10(8-9)19-14(15,16)17/h3-8H,2H2,1H3. The molecule has 0 aliphatic carbocycles. The summed E-state index contributed by atoms with van der Waals surface area (Å²) in [6, 6.07) is 8.62. The number of aryl methyl sites for hydroxylation is 1. The fourth-order valence-corrected chi connectivity index (χ4v) is 2.58. The smallest absolute Gasteiger partial charge is 0.406 e. The highest BCUT2D eigenvalue weighted by molar-refractivity contribution is 7.14. The average Bonchev–Trinajstić information content (AvgIpc) is 2.85. The molecule has 0 aliphatic heterocycles. The molecule has 0 spiro atoms. The molecule has 0 aliphatic rings. The summed E-state index contributed by atoms with van der Waals surface area (Å²) in [4.78, 5) is 13.7. The first-order valence-electron chi connectivity index (χ1n) is 5.88. The Bertz CT molecular complexity index is 617. The van der Waals surface area contributed by atoms with Gasteiger partial charge in [-0.05, 0) is 30.7 Å². The van der Waals surface area contributed by atoms with E-state index < -0.39 is 12.1 Å². The predicted molar refractivity (Wildman–Crippen MR) is 70.3 cm³/mol. The van der Waals surface area contributed by atoms with Gasteiger partial charge in [0.2, 0.25) is 5.78 Å². The summed E-state index contributed by atoms with van der Waals surface area (Å²) >= 11 is 1.34. The van der Waals surface area contributed by atoms with Crippen LogP contribution >= 0.6 is 11.3 Å². The molecule has 0 fully saturated rings. The fraction of sp³-hybridized carbons (Fsp3) is 0.214. The van der Waals surface area contributed by atoms with E-state index in [4.69, 9.17) is 0 Å². The van der Waals surface area contributed by atoms with Gasteiger partial charge in [-0.25, -0.2) is 0 Å². The molecule has 0 radical (unpaired) electrons. The minimum atomic E-state index is -4.76. The molecule has 0 bridgehead atoms. The Morgan fingerprint density at radius 2 is 2.00 bits per heavy atom. The number of ether oxygens (including phenoxy) is 1. The number of rotatable bonds is 4. The first-order valence-corrected chi connectivity index (χ1v) is 6.70. The maximum atomic E-state index is 12.2. The number of ketones is 1. The van der Waals surface area contributed by atoms with Crippen LogP contribution in [0.5, 0.6) is 5.75 Å². The van der Waals surface area contributed by atoms with Gasteiger partial charge in [-0.1, -0.05) is 19.1 Å². The summed E-state index contributed by atoms with van der Waals surface area (Å²) in [6.07, 6.45) is -3.95. The van der Waals surface area contributed by atoms with Crippen LogP contribution in [0.15, 0.2) is 36.4 Å². The van der Waals surface area contributed by atoms with Gasteiger partial charge in [0.15, 0.2) is 0 Å². The van der Waals surface area contributed by atoms with Gasteiger partial charge in [0.25, 0.3) is 0 Å². The molecule has 0 unspecified atom stereocenters. The Hall–Kier alpha value is -1.82. The average molecular weight is 300 g/mol. The van der Waals surface area contributed by atoms with Crippen molar-refractivity contribution in [2.24, 2.45) is 0 Å². The number of alkyl halides is 3. The van der Waals surface area contributed by atoms with Gasteiger partial charge in [0.05, 0.1) is 4.88 Å². The molecule has 2 nitrogen and oxygen atoms in total. The molecule has 0 N–H and O–H groups in total. The lowest BCUT2D eigenvalue weighted by Crippen LogP contribution is -2.17. The van der Waals surface area contributed by atoms with Gasteiger partial charge >= 0.3 is 6.36 Å². The minimum Gasteiger partial charge on any atom is -0.406 e. The van der Waals surface area contributed by atoms with Crippen LogP contribution in [0.1, 0.15) is 27.0 Å². The summed E-state index contributed by atoms with van der Waals surface area (Å²) in [5, 5.41) is 0. The van der Waals surface area contributed by atoms with Gasteiger partial charge in [-0.2, -0.15) is 0 Å². The van der Waals surface area contributed by atoms with Crippen molar-refractivity contribution in [2.75, 3.05) is 0 Å². The lowest BCUT2D eigenvalue weighted by molar-refractivity contribution is -0.274. The second-order valence-electron chi connectivity index (χ2n) is 4.02. The first-order chi connectivity index (χ1) is 9.39. The van der Waals surface area contributed by atoms with Crippen LogP contribution in [-0.4, -0.2) is 12.1 Å². The van der Waals surface area contributed by atoms with Crippen LogP contribution < -0.4 is 4.74 Å². The van der Waals surface area contributed by atoms with Gasteiger partial charge in [0.1, 0.15) is 5.75 Å². The lowest BCUT2D eigenvalue weighted by Gasteiger charge is -2.09. The van der Waals surface area contributed by atoms with E-state index in [0.717, 1.165) is 23.4 Å². The third-order valence-corrected chi connectivity index (χ3v) is 3.79. The maximum Gasteiger partial charge on any atom is 0.573 e. The van der Waals surface area contributed by atoms with Crippen molar-refractivity contribution in [2.45, 2.75) is 19.7 Å². The number of thiophene rings is 1. The number of benzene rings is 1. The molecule has 20 heavy (non-hydrogen) atoms. The highest BCUT2D eigenvalue weighted by atomic mass is 32.1. The molecule has 0 saturated carbocycles. The van der Waals surface area contributed by atoms with Crippen molar-refractivity contribution in [3.05, 3.63) is 51.7 Å². The number of carbonyl (C=O) groups excluding carboxylic acids is 1. The second kappa shape index (κ2) is 5.66. The summed E-state index contributed by atoms with van der Waals surface area (Å²) in [7, 11) is 0. The Balaban J connectivity index is 2.24. The number of halogens is 3. The predicted octanol–water partition coefficient (Wildman–Crippen LogP) is 4.44. The molecule has 106 valence electrons. The molecule has 2 rings (SSSR count). The van der Waals surface area contributed by atoms with E-state index >= 15 is 0 Å². The number of hydrogen-bond donors (Lipinski definition) is 0. The van der Waals surface area contributed by atoms with Crippen LogP contribution in [0.25, 0.3) is 0 Å². The van der Waals surface area contributed by atoms with E-state index in [9.17, 15) is 18.0 Å². The van der Waals surface area contributed by atoms with Crippen LogP contribution in [-0.2, 0) is 6.42 Å². The van der Waals surface area contributed by atoms with Crippen molar-refractivity contribution in [1.29, 1.82) is 0 Å². The second-order valence-corrected chi connectivity index (χ2v) is 5.19. The van der Waals surface area contributed by atoms with Gasteiger partial charge < -0.3 is 4.74 Å². The Morgan fingerprint density at radius 1 is 1.25 bits per heavy atom. The quantitative estimate of drug-likeness (QED) is 0.780. The third kappa shape index (κ3) is 3.60. The van der Waals surface area contributed by atoms with E-state index in [0.29, 0.717) is 4.88 Å². The lowest BCUT2D eigenvalue weighted by atomic mass is 10.1. The molecule has 1 heterocycles. The summed E-state index contributed by atoms with van der Waals surface area (Å²) < 4.78 is 40.2. The Kier molecular flexibility index (Phi) is 4.13. The van der Waals surface area contributed by atoms with Gasteiger partial charge in [-0.15, -0.1) is 24.5 Å². The monoisotopic (exact) mass is 300 g/mol. The molecule has 0 saturated heterocycles. The van der Waals surface area contributed by atoms with Crippen molar-refractivity contribution in [3.63, 3.8) is 0 Å². The summed E-state index contributed by atoms with van der Waals surface area (Å²) in [6.45, 7) is 1.97. The fourth-order valence-electron chi connectivity index (χ4n) is 1.67. The highest BCUT2D eigenvalue weighted by Gasteiger charge is 2.31. The molecule has 2 aromatic rings. The molecule has 0 amide bonds. The normalized spacial score (nSPS) is 11.4. The molecule has 1 aromatic carbocycles. The topological polar surface area (TPSA) is 26.3 Å². The summed E-state index contributed by atoms with van der Waals surface area (Å²) in [5.74, 6) is -0.696. The van der Waals surface area contributed by atoms with Gasteiger partial charge in [-0.3, -0.25) is 4.79 Å². The van der Waals surface area contributed by atoms with Crippen molar-refractivity contribution in [3.8, 4) is 5.75 Å². The first kappa shape index (κ1) is 14.6. The molecular weight excluding hydrogens is 289 g/mol. The van der Waals surface area contributed by atoms with Gasteiger partial charge in [0, 0.05) is 10.4 Å². The molecule has 1 aromatic heterocycles. The van der Waals surface area contributed by atoms with Crippen molar-refractivity contribution < 1.29 is 22.7 Å².